The Balaban J connectivity index is 1.37. The molecule has 232 valence electrons. The van der Waals surface area contributed by atoms with Crippen LogP contribution < -0.4 is 15.0 Å². The Morgan fingerprint density at radius 3 is 2.33 bits per heavy atom. The van der Waals surface area contributed by atoms with E-state index >= 15 is 0 Å². The van der Waals surface area contributed by atoms with Crippen LogP contribution in [0.25, 0.3) is 28.0 Å². The molecule has 0 saturated carbocycles. The summed E-state index contributed by atoms with van der Waals surface area (Å²) in [7, 11) is 1.68. The number of para-hydroxylation sites is 1. The number of nitrogens with zero attached hydrogens (tertiary/aromatic N) is 4. The van der Waals surface area contributed by atoms with Gasteiger partial charge in [0.15, 0.2) is 5.82 Å². The third kappa shape index (κ3) is 5.96. The molecule has 0 amide bonds. The fourth-order valence-corrected chi connectivity index (χ4v) is 5.84. The quantitative estimate of drug-likeness (QED) is 0.154. The van der Waals surface area contributed by atoms with Gasteiger partial charge in [-0.3, -0.25) is 4.79 Å². The lowest BCUT2D eigenvalue weighted by Gasteiger charge is -2.17. The van der Waals surface area contributed by atoms with E-state index in [4.69, 9.17) is 19.6 Å². The van der Waals surface area contributed by atoms with Crippen LogP contribution in [0, 0.1) is 20.8 Å². The van der Waals surface area contributed by atoms with Crippen molar-refractivity contribution in [3.63, 3.8) is 0 Å². The van der Waals surface area contributed by atoms with Gasteiger partial charge in [0.2, 0.25) is 0 Å². The molecule has 0 spiro atoms. The number of aromatic nitrogens is 3. The Labute approximate surface area is 269 Å². The second-order valence-electron chi connectivity index (χ2n) is 11.8. The maximum Gasteiger partial charge on any atom is 0.282 e. The first-order chi connectivity index (χ1) is 22.2. The summed E-state index contributed by atoms with van der Waals surface area (Å²) in [4.78, 5) is 18.9. The monoisotopic (exact) mass is 610 g/mol. The third-order valence-electron chi connectivity index (χ3n) is 8.32. The lowest BCUT2D eigenvalue weighted by molar-refractivity contribution is 0.306. The maximum absolute atomic E-state index is 13.9. The van der Waals surface area contributed by atoms with E-state index in [1.807, 2.05) is 61.5 Å². The number of aryl methyl sites for hydroxylation is 2. The summed E-state index contributed by atoms with van der Waals surface area (Å²) < 4.78 is 15.3. The van der Waals surface area contributed by atoms with Gasteiger partial charge < -0.3 is 14.0 Å². The highest BCUT2D eigenvalue weighted by Gasteiger charge is 2.19. The molecule has 0 atom stereocenters. The number of ether oxygens (including phenoxy) is 2. The van der Waals surface area contributed by atoms with Gasteiger partial charge in [-0.2, -0.15) is 9.78 Å². The van der Waals surface area contributed by atoms with Gasteiger partial charge in [-0.15, -0.1) is 0 Å². The molecule has 4 aromatic carbocycles. The lowest BCUT2D eigenvalue weighted by Crippen LogP contribution is -2.21. The fraction of sp³-hybridized carbons (Fsp3) is 0.205. The minimum atomic E-state index is -0.224. The first-order valence-electron chi connectivity index (χ1n) is 15.5. The van der Waals surface area contributed by atoms with Crippen molar-refractivity contribution in [2.45, 2.75) is 47.1 Å². The Bertz CT molecular complexity index is 2110. The summed E-state index contributed by atoms with van der Waals surface area (Å²) in [6.45, 7) is 10.9. The van der Waals surface area contributed by atoms with Gasteiger partial charge in [0, 0.05) is 28.2 Å². The topological polar surface area (TPSA) is 70.6 Å². The molecule has 0 aliphatic heterocycles. The summed E-state index contributed by atoms with van der Waals surface area (Å²) in [5, 5.41) is 5.30. The van der Waals surface area contributed by atoms with Crippen LogP contribution >= 0.6 is 0 Å². The van der Waals surface area contributed by atoms with Gasteiger partial charge in [-0.1, -0.05) is 56.3 Å². The molecule has 0 bridgehead atoms. The van der Waals surface area contributed by atoms with Crippen molar-refractivity contribution < 1.29 is 9.47 Å². The highest BCUT2D eigenvalue weighted by atomic mass is 16.5. The molecular weight excluding hydrogens is 572 g/mol. The fourth-order valence-electron chi connectivity index (χ4n) is 5.84. The van der Waals surface area contributed by atoms with Crippen molar-refractivity contribution in [1.29, 1.82) is 0 Å². The molecule has 46 heavy (non-hydrogen) atoms. The standard InChI is InChI=1S/C39H38N4O3/c1-25(2)34-22-35(26(3)20-37(34)45-6)38-41-36-15-11-10-14-33(36)39(44)43(38)40-23-30-21-27(4)42(28(30)5)31-16-18-32(19-17-31)46-24-29-12-8-7-9-13-29/h7-23,25H,24H2,1-6H3. The first-order valence-corrected chi connectivity index (χ1v) is 15.5. The third-order valence-corrected chi connectivity index (χ3v) is 8.32. The molecule has 6 aromatic rings. The van der Waals surface area contributed by atoms with Crippen LogP contribution in [0.3, 0.4) is 0 Å². The molecule has 0 unspecified atom stereocenters. The van der Waals surface area contributed by atoms with E-state index in [2.05, 4.69) is 68.7 Å². The average molecular weight is 611 g/mol. The van der Waals surface area contributed by atoms with Crippen LogP contribution in [0.2, 0.25) is 0 Å². The molecule has 2 heterocycles. The average Bonchev–Trinajstić information content (AvgIpc) is 3.35. The van der Waals surface area contributed by atoms with Crippen molar-refractivity contribution in [3.05, 3.63) is 141 Å². The first kappa shape index (κ1) is 30.6. The molecule has 0 saturated heterocycles. The Morgan fingerprint density at radius 2 is 1.61 bits per heavy atom. The number of hydrogen-bond acceptors (Lipinski definition) is 5. The SMILES string of the molecule is COc1cc(C)c(-c2nc3ccccc3c(=O)n2N=Cc2cc(C)n(-c3ccc(OCc4ccccc4)cc3)c2C)cc1C(C)C. The molecule has 2 aromatic heterocycles. The zero-order valence-electron chi connectivity index (χ0n) is 27.1. The van der Waals surface area contributed by atoms with Gasteiger partial charge in [-0.05, 0) is 98.0 Å². The highest BCUT2D eigenvalue weighted by molar-refractivity contribution is 5.84. The van der Waals surface area contributed by atoms with Gasteiger partial charge in [0.25, 0.3) is 5.56 Å². The number of fused-ring (bicyclic) bond motifs is 1. The van der Waals surface area contributed by atoms with E-state index in [9.17, 15) is 4.79 Å². The van der Waals surface area contributed by atoms with E-state index in [0.717, 1.165) is 56.4 Å². The van der Waals surface area contributed by atoms with E-state index in [1.54, 1.807) is 19.4 Å². The van der Waals surface area contributed by atoms with E-state index in [-0.39, 0.29) is 11.5 Å². The van der Waals surface area contributed by atoms with Gasteiger partial charge >= 0.3 is 0 Å². The van der Waals surface area contributed by atoms with Crippen LogP contribution in [-0.2, 0) is 6.61 Å². The normalized spacial score (nSPS) is 11.5. The molecule has 0 aliphatic rings. The number of benzene rings is 4. The molecule has 0 fully saturated rings. The molecule has 0 N–H and O–H groups in total. The van der Waals surface area contributed by atoms with Crippen molar-refractivity contribution in [1.82, 2.24) is 14.2 Å². The van der Waals surface area contributed by atoms with Crippen LogP contribution in [0.5, 0.6) is 11.5 Å². The van der Waals surface area contributed by atoms with Gasteiger partial charge in [0.1, 0.15) is 18.1 Å². The summed E-state index contributed by atoms with van der Waals surface area (Å²) in [5.74, 6) is 2.33. The van der Waals surface area contributed by atoms with Crippen molar-refractivity contribution in [2.75, 3.05) is 7.11 Å². The summed E-state index contributed by atoms with van der Waals surface area (Å²) in [6, 6.07) is 31.7. The van der Waals surface area contributed by atoms with Crippen molar-refractivity contribution in [2.24, 2.45) is 5.10 Å². The maximum atomic E-state index is 13.9. The lowest BCUT2D eigenvalue weighted by atomic mass is 9.96. The Morgan fingerprint density at radius 1 is 0.891 bits per heavy atom. The molecule has 6 rings (SSSR count). The number of rotatable bonds is 9. The number of methoxy groups -OCH3 is 1. The van der Waals surface area contributed by atoms with Crippen molar-refractivity contribution >= 4 is 17.1 Å². The van der Waals surface area contributed by atoms with Gasteiger partial charge in [0.05, 0.1) is 24.2 Å². The zero-order chi connectivity index (χ0) is 32.4. The predicted octanol–water partition coefficient (Wildman–Crippen LogP) is 8.37. The zero-order valence-corrected chi connectivity index (χ0v) is 27.1. The van der Waals surface area contributed by atoms with Crippen LogP contribution in [0.1, 0.15) is 53.4 Å². The minimum absolute atomic E-state index is 0.216. The molecule has 0 aliphatic carbocycles. The summed E-state index contributed by atoms with van der Waals surface area (Å²) in [5.41, 5.74) is 8.33. The molecular formula is C39H38N4O3. The Kier molecular flexibility index (Phi) is 8.57. The van der Waals surface area contributed by atoms with E-state index in [1.165, 1.54) is 4.68 Å². The summed E-state index contributed by atoms with van der Waals surface area (Å²) in [6.07, 6.45) is 1.75. The number of hydrogen-bond donors (Lipinski definition) is 0. The predicted molar refractivity (Wildman–Crippen MR) is 186 cm³/mol. The highest BCUT2D eigenvalue weighted by Crippen LogP contribution is 2.34. The summed E-state index contributed by atoms with van der Waals surface area (Å²) >= 11 is 0. The smallest absolute Gasteiger partial charge is 0.282 e. The van der Waals surface area contributed by atoms with E-state index in [0.29, 0.717) is 23.3 Å². The van der Waals surface area contributed by atoms with Crippen LogP contribution in [-0.4, -0.2) is 27.6 Å². The molecule has 7 heteroatoms. The van der Waals surface area contributed by atoms with Crippen molar-refractivity contribution in [3.8, 4) is 28.6 Å². The van der Waals surface area contributed by atoms with Crippen LogP contribution in [0.15, 0.2) is 107 Å². The molecule has 0 radical (unpaired) electrons. The largest absolute Gasteiger partial charge is 0.496 e. The second-order valence-corrected chi connectivity index (χ2v) is 11.8. The van der Waals surface area contributed by atoms with E-state index < -0.39 is 0 Å². The van der Waals surface area contributed by atoms with Gasteiger partial charge in [-0.25, -0.2) is 4.98 Å². The Hall–Kier alpha value is -5.43. The van der Waals surface area contributed by atoms with Crippen LogP contribution in [0.4, 0.5) is 0 Å². The molecule has 7 nitrogen and oxygen atoms in total. The second kappa shape index (κ2) is 12.9. The minimum Gasteiger partial charge on any atom is -0.496 e.